The molecule has 0 amide bonds. The van der Waals surface area contributed by atoms with Crippen LogP contribution >= 0.6 is 0 Å². The maximum absolute atomic E-state index is 12.8. The van der Waals surface area contributed by atoms with Gasteiger partial charge in [0.1, 0.15) is 13.2 Å². The van der Waals surface area contributed by atoms with Gasteiger partial charge in [-0.3, -0.25) is 14.4 Å². The number of esters is 3. The van der Waals surface area contributed by atoms with E-state index in [0.29, 0.717) is 19.3 Å². The first-order valence-electron chi connectivity index (χ1n) is 29.8. The molecular weight excluding hydrogens is 853 g/mol. The topological polar surface area (TPSA) is 78.9 Å². The normalized spacial score (nSPS) is 12.4. The molecule has 0 spiro atoms. The van der Waals surface area contributed by atoms with Crippen LogP contribution in [0.15, 0.2) is 60.8 Å². The van der Waals surface area contributed by atoms with Crippen molar-refractivity contribution in [1.29, 1.82) is 0 Å². The van der Waals surface area contributed by atoms with E-state index >= 15 is 0 Å². The van der Waals surface area contributed by atoms with Gasteiger partial charge in [0.05, 0.1) is 0 Å². The summed E-state index contributed by atoms with van der Waals surface area (Å²) in [6, 6.07) is 0. The van der Waals surface area contributed by atoms with Crippen LogP contribution in [0.4, 0.5) is 0 Å². The van der Waals surface area contributed by atoms with Crippen molar-refractivity contribution >= 4 is 17.9 Å². The number of carbonyl (C=O) groups is 3. The highest BCUT2D eigenvalue weighted by atomic mass is 16.6. The van der Waals surface area contributed by atoms with Gasteiger partial charge < -0.3 is 14.2 Å². The van der Waals surface area contributed by atoms with Crippen LogP contribution < -0.4 is 0 Å². The fraction of sp³-hybridized carbons (Fsp3) is 0.794. The van der Waals surface area contributed by atoms with E-state index in [1.807, 2.05) is 0 Å². The third-order valence-electron chi connectivity index (χ3n) is 13.0. The summed E-state index contributed by atoms with van der Waals surface area (Å²) in [5.74, 6) is -0.896. The zero-order valence-corrected chi connectivity index (χ0v) is 45.8. The molecule has 400 valence electrons. The van der Waals surface area contributed by atoms with Crippen molar-refractivity contribution in [2.45, 2.75) is 309 Å². The lowest BCUT2D eigenvalue weighted by atomic mass is 10.0. The minimum Gasteiger partial charge on any atom is -0.462 e. The minimum absolute atomic E-state index is 0.0793. The highest BCUT2D eigenvalue weighted by Gasteiger charge is 2.19. The second-order valence-electron chi connectivity index (χ2n) is 19.9. The fourth-order valence-corrected chi connectivity index (χ4v) is 8.59. The smallest absolute Gasteiger partial charge is 0.306 e. The fourth-order valence-electron chi connectivity index (χ4n) is 8.59. The van der Waals surface area contributed by atoms with Crippen LogP contribution in [-0.2, 0) is 28.6 Å². The Morgan fingerprint density at radius 1 is 0.304 bits per heavy atom. The molecule has 0 fully saturated rings. The number of rotatable bonds is 54. The quantitative estimate of drug-likeness (QED) is 0.0262. The van der Waals surface area contributed by atoms with Crippen LogP contribution in [0.25, 0.3) is 0 Å². The summed E-state index contributed by atoms with van der Waals surface area (Å²) in [4.78, 5) is 37.9. The number of carbonyl (C=O) groups excluding carboxylic acids is 3. The molecule has 6 nitrogen and oxygen atoms in total. The average molecular weight is 966 g/mol. The molecular formula is C63H112O6. The van der Waals surface area contributed by atoms with Gasteiger partial charge in [0.15, 0.2) is 6.10 Å². The maximum Gasteiger partial charge on any atom is 0.306 e. The van der Waals surface area contributed by atoms with E-state index < -0.39 is 6.10 Å². The molecule has 0 heterocycles. The second kappa shape index (κ2) is 57.7. The maximum atomic E-state index is 12.8. The summed E-state index contributed by atoms with van der Waals surface area (Å²) in [5.41, 5.74) is 0. The van der Waals surface area contributed by atoms with E-state index in [4.69, 9.17) is 14.2 Å². The van der Waals surface area contributed by atoms with E-state index in [9.17, 15) is 14.4 Å². The van der Waals surface area contributed by atoms with Crippen molar-refractivity contribution in [1.82, 2.24) is 0 Å². The molecule has 0 N–H and O–H groups in total. The predicted octanol–water partition coefficient (Wildman–Crippen LogP) is 20.0. The van der Waals surface area contributed by atoms with Crippen LogP contribution in [0, 0.1) is 0 Å². The lowest BCUT2D eigenvalue weighted by Gasteiger charge is -2.18. The average Bonchev–Trinajstić information content (AvgIpc) is 3.35. The van der Waals surface area contributed by atoms with Gasteiger partial charge in [-0.1, -0.05) is 281 Å². The largest absolute Gasteiger partial charge is 0.462 e. The van der Waals surface area contributed by atoms with Crippen molar-refractivity contribution in [3.63, 3.8) is 0 Å². The predicted molar refractivity (Wildman–Crippen MR) is 298 cm³/mol. The summed E-state index contributed by atoms with van der Waals surface area (Å²) in [5, 5.41) is 0. The molecule has 0 aromatic rings. The molecule has 0 saturated heterocycles. The first-order valence-corrected chi connectivity index (χ1v) is 29.8. The summed E-state index contributed by atoms with van der Waals surface area (Å²) in [6.45, 7) is 6.48. The van der Waals surface area contributed by atoms with Gasteiger partial charge in [-0.05, 0) is 64.2 Å². The molecule has 1 unspecified atom stereocenters. The van der Waals surface area contributed by atoms with E-state index in [-0.39, 0.29) is 31.1 Å². The Bertz CT molecular complexity index is 1250. The molecule has 0 saturated carbocycles. The number of allylic oxidation sites excluding steroid dienone is 10. The van der Waals surface area contributed by atoms with Gasteiger partial charge in [-0.25, -0.2) is 0 Å². The molecule has 0 aromatic carbocycles. The Hall–Kier alpha value is -2.89. The highest BCUT2D eigenvalue weighted by molar-refractivity contribution is 5.71. The molecule has 6 heteroatoms. The molecule has 0 bridgehead atoms. The van der Waals surface area contributed by atoms with E-state index in [2.05, 4.69) is 81.5 Å². The number of hydrogen-bond acceptors (Lipinski definition) is 6. The lowest BCUT2D eigenvalue weighted by molar-refractivity contribution is -0.167. The van der Waals surface area contributed by atoms with E-state index in [1.165, 1.54) is 154 Å². The summed E-state index contributed by atoms with van der Waals surface area (Å²) >= 11 is 0. The Morgan fingerprint density at radius 2 is 0.565 bits per heavy atom. The van der Waals surface area contributed by atoms with Gasteiger partial charge in [-0.2, -0.15) is 0 Å². The van der Waals surface area contributed by atoms with Crippen molar-refractivity contribution in [2.75, 3.05) is 13.2 Å². The molecule has 69 heavy (non-hydrogen) atoms. The molecule has 0 radical (unpaired) electrons. The zero-order valence-electron chi connectivity index (χ0n) is 45.8. The Labute approximate surface area is 428 Å². The first-order chi connectivity index (χ1) is 34.0. The van der Waals surface area contributed by atoms with Crippen LogP contribution in [0.1, 0.15) is 303 Å². The molecule has 1 atom stereocenters. The summed E-state index contributed by atoms with van der Waals surface area (Å²) in [6.07, 6.45) is 72.6. The zero-order chi connectivity index (χ0) is 50.0. The van der Waals surface area contributed by atoms with Gasteiger partial charge in [0, 0.05) is 19.3 Å². The summed E-state index contributed by atoms with van der Waals surface area (Å²) < 4.78 is 16.8. The van der Waals surface area contributed by atoms with Gasteiger partial charge in [0.2, 0.25) is 0 Å². The number of hydrogen-bond donors (Lipinski definition) is 0. The Kier molecular flexibility index (Phi) is 55.3. The van der Waals surface area contributed by atoms with Crippen LogP contribution in [0.2, 0.25) is 0 Å². The summed E-state index contributed by atoms with van der Waals surface area (Å²) in [7, 11) is 0. The van der Waals surface area contributed by atoms with Crippen LogP contribution in [-0.4, -0.2) is 37.2 Å². The Morgan fingerprint density at radius 3 is 0.884 bits per heavy atom. The second-order valence-corrected chi connectivity index (χ2v) is 19.9. The molecule has 0 aliphatic rings. The van der Waals surface area contributed by atoms with Crippen molar-refractivity contribution < 1.29 is 28.6 Å². The minimum atomic E-state index is -0.780. The lowest BCUT2D eigenvalue weighted by Crippen LogP contribution is -2.30. The Balaban J connectivity index is 4.13. The van der Waals surface area contributed by atoms with Crippen molar-refractivity contribution in [2.24, 2.45) is 0 Å². The molecule has 0 aliphatic carbocycles. The van der Waals surface area contributed by atoms with Gasteiger partial charge in [0.25, 0.3) is 0 Å². The first kappa shape index (κ1) is 66.1. The van der Waals surface area contributed by atoms with Crippen molar-refractivity contribution in [3.05, 3.63) is 60.8 Å². The number of ether oxygens (including phenoxy) is 3. The third-order valence-corrected chi connectivity index (χ3v) is 13.0. The molecule has 0 aromatic heterocycles. The molecule has 0 aliphatic heterocycles. The standard InChI is InChI=1S/C63H112O6/c1-4-7-10-13-16-18-20-22-24-26-28-30-31-32-34-35-37-39-41-43-45-47-50-53-56-62(65)68-59-60(58-67-61(64)55-52-49-15-12-9-6-3)69-63(66)57-54-51-48-46-44-42-40-38-36-33-29-27-25-23-21-19-17-14-11-8-5-2/h8,11,17,19,23,25,29,33,38,40,60H,4-7,9-10,12-16,18,20-22,24,26-28,30-32,34-37,39,41-59H2,1-3H3/b11-8-,19-17-,25-23-,33-29-,40-38-. The van der Waals surface area contributed by atoms with E-state index in [1.54, 1.807) is 0 Å². The third kappa shape index (κ3) is 55.9. The van der Waals surface area contributed by atoms with E-state index in [0.717, 1.165) is 109 Å². The SMILES string of the molecule is CC/C=C\C/C=C\C/C=C\C/C=C\C/C=C\CCCCCCCC(=O)OC(COC(=O)CCCCCCCC)COC(=O)CCCCCCCCCCCCCCCCCCCCCCCCCC. The molecule has 0 rings (SSSR count). The monoisotopic (exact) mass is 965 g/mol. The highest BCUT2D eigenvalue weighted by Crippen LogP contribution is 2.17. The van der Waals surface area contributed by atoms with Gasteiger partial charge >= 0.3 is 17.9 Å². The van der Waals surface area contributed by atoms with Crippen LogP contribution in [0.3, 0.4) is 0 Å². The van der Waals surface area contributed by atoms with Gasteiger partial charge in [-0.15, -0.1) is 0 Å². The van der Waals surface area contributed by atoms with Crippen molar-refractivity contribution in [3.8, 4) is 0 Å². The van der Waals surface area contributed by atoms with Crippen LogP contribution in [0.5, 0.6) is 0 Å². The number of unbranched alkanes of at least 4 members (excludes halogenated alkanes) is 33.